The second-order valence-corrected chi connectivity index (χ2v) is 5.10. The number of benzene rings is 1. The van der Waals surface area contributed by atoms with Gasteiger partial charge in [-0.2, -0.15) is 0 Å². The summed E-state index contributed by atoms with van der Waals surface area (Å²) in [5.74, 6) is -0.518. The molecule has 1 heterocycles. The molecule has 0 saturated carbocycles. The van der Waals surface area contributed by atoms with E-state index < -0.39 is 5.97 Å². The fourth-order valence-electron chi connectivity index (χ4n) is 1.76. The lowest BCUT2D eigenvalue weighted by Gasteiger charge is -2.12. The van der Waals surface area contributed by atoms with Crippen molar-refractivity contribution < 1.29 is 9.90 Å². The SMILES string of the molecule is Cc1ccc(Cl)c(Nc2ccc(C(=O)O)c(C)n2)c1Cl. The van der Waals surface area contributed by atoms with Gasteiger partial charge in [-0.15, -0.1) is 0 Å². The van der Waals surface area contributed by atoms with Gasteiger partial charge in [0.25, 0.3) is 0 Å². The van der Waals surface area contributed by atoms with E-state index in [2.05, 4.69) is 10.3 Å². The average Bonchev–Trinajstić information content (AvgIpc) is 2.39. The summed E-state index contributed by atoms with van der Waals surface area (Å²) in [5.41, 5.74) is 2.03. The number of pyridine rings is 1. The summed E-state index contributed by atoms with van der Waals surface area (Å²) in [6, 6.07) is 6.63. The zero-order chi connectivity index (χ0) is 14.9. The van der Waals surface area contributed by atoms with E-state index in [0.717, 1.165) is 5.56 Å². The normalized spacial score (nSPS) is 10.4. The second-order valence-electron chi connectivity index (χ2n) is 4.31. The van der Waals surface area contributed by atoms with Gasteiger partial charge < -0.3 is 10.4 Å². The van der Waals surface area contributed by atoms with Crippen LogP contribution >= 0.6 is 23.2 Å². The minimum absolute atomic E-state index is 0.164. The van der Waals surface area contributed by atoms with Gasteiger partial charge in [-0.1, -0.05) is 29.3 Å². The standard InChI is InChI=1S/C14H12Cl2N2O2/c1-7-3-5-10(15)13(12(7)16)18-11-6-4-9(14(19)20)8(2)17-11/h3-6H,1-2H3,(H,17,18)(H,19,20). The molecule has 20 heavy (non-hydrogen) atoms. The predicted molar refractivity (Wildman–Crippen MR) is 80.4 cm³/mol. The molecule has 2 rings (SSSR count). The van der Waals surface area contributed by atoms with Crippen molar-refractivity contribution in [1.82, 2.24) is 4.98 Å². The lowest BCUT2D eigenvalue weighted by Crippen LogP contribution is -2.04. The molecule has 0 aliphatic heterocycles. The Balaban J connectivity index is 2.39. The number of carboxylic acid groups (broad SMARTS) is 1. The summed E-state index contributed by atoms with van der Waals surface area (Å²) >= 11 is 12.3. The van der Waals surface area contributed by atoms with Crippen molar-refractivity contribution in [3.8, 4) is 0 Å². The van der Waals surface area contributed by atoms with Gasteiger partial charge in [0, 0.05) is 0 Å². The zero-order valence-corrected chi connectivity index (χ0v) is 12.4. The molecule has 104 valence electrons. The molecule has 0 bridgehead atoms. The molecular weight excluding hydrogens is 299 g/mol. The van der Waals surface area contributed by atoms with Crippen LogP contribution in [0.2, 0.25) is 10.0 Å². The maximum atomic E-state index is 10.9. The van der Waals surface area contributed by atoms with E-state index in [1.54, 1.807) is 19.1 Å². The zero-order valence-electron chi connectivity index (χ0n) is 10.9. The predicted octanol–water partition coefficient (Wildman–Crippen LogP) is 4.45. The van der Waals surface area contributed by atoms with Crippen molar-refractivity contribution in [2.75, 3.05) is 5.32 Å². The molecule has 1 aromatic heterocycles. The summed E-state index contributed by atoms with van der Waals surface area (Å²) < 4.78 is 0. The molecule has 2 N–H and O–H groups in total. The van der Waals surface area contributed by atoms with E-state index in [0.29, 0.717) is 27.2 Å². The van der Waals surface area contributed by atoms with Crippen molar-refractivity contribution in [2.24, 2.45) is 0 Å². The largest absolute Gasteiger partial charge is 0.478 e. The minimum atomic E-state index is -1.01. The van der Waals surface area contributed by atoms with Crippen LogP contribution in [0.25, 0.3) is 0 Å². The molecule has 6 heteroatoms. The summed E-state index contributed by atoms with van der Waals surface area (Å²) in [4.78, 5) is 15.1. The summed E-state index contributed by atoms with van der Waals surface area (Å²) in [7, 11) is 0. The number of hydrogen-bond acceptors (Lipinski definition) is 3. The van der Waals surface area contributed by atoms with Crippen molar-refractivity contribution >= 4 is 40.7 Å². The van der Waals surface area contributed by atoms with Gasteiger partial charge in [0.1, 0.15) is 5.82 Å². The van der Waals surface area contributed by atoms with Crippen LogP contribution in [0.3, 0.4) is 0 Å². The molecule has 0 aliphatic rings. The monoisotopic (exact) mass is 310 g/mol. The maximum absolute atomic E-state index is 10.9. The average molecular weight is 311 g/mol. The Kier molecular flexibility index (Phi) is 4.16. The van der Waals surface area contributed by atoms with E-state index in [-0.39, 0.29) is 5.56 Å². The lowest BCUT2D eigenvalue weighted by molar-refractivity contribution is 0.0695. The smallest absolute Gasteiger partial charge is 0.337 e. The summed E-state index contributed by atoms with van der Waals surface area (Å²) in [6.45, 7) is 3.50. The van der Waals surface area contributed by atoms with E-state index >= 15 is 0 Å². The van der Waals surface area contributed by atoms with Gasteiger partial charge in [-0.3, -0.25) is 0 Å². The highest BCUT2D eigenvalue weighted by atomic mass is 35.5. The Morgan fingerprint density at radius 1 is 1.20 bits per heavy atom. The van der Waals surface area contributed by atoms with Crippen LogP contribution in [0.15, 0.2) is 24.3 Å². The van der Waals surface area contributed by atoms with Gasteiger partial charge in [-0.25, -0.2) is 9.78 Å². The molecule has 1 aromatic carbocycles. The first-order chi connectivity index (χ1) is 9.40. The number of nitrogens with zero attached hydrogens (tertiary/aromatic N) is 1. The van der Waals surface area contributed by atoms with Gasteiger partial charge in [-0.05, 0) is 37.6 Å². The van der Waals surface area contributed by atoms with Gasteiger partial charge >= 0.3 is 5.97 Å². The number of rotatable bonds is 3. The molecule has 0 atom stereocenters. The summed E-state index contributed by atoms with van der Waals surface area (Å²) in [5, 5.41) is 13.0. The molecule has 0 saturated heterocycles. The fourth-order valence-corrected chi connectivity index (χ4v) is 2.22. The number of aryl methyl sites for hydroxylation is 2. The molecule has 4 nitrogen and oxygen atoms in total. The minimum Gasteiger partial charge on any atom is -0.478 e. The number of anilines is 2. The van der Waals surface area contributed by atoms with Gasteiger partial charge in [0.05, 0.1) is 27.0 Å². The quantitative estimate of drug-likeness (QED) is 0.879. The molecule has 0 aliphatic carbocycles. The number of aromatic nitrogens is 1. The highest BCUT2D eigenvalue weighted by Gasteiger charge is 2.12. The van der Waals surface area contributed by atoms with E-state index in [1.165, 1.54) is 6.07 Å². The van der Waals surface area contributed by atoms with Crippen molar-refractivity contribution in [1.29, 1.82) is 0 Å². The van der Waals surface area contributed by atoms with Crippen LogP contribution < -0.4 is 5.32 Å². The molecular formula is C14H12Cl2N2O2. The molecule has 0 unspecified atom stereocenters. The van der Waals surface area contributed by atoms with Crippen molar-refractivity contribution in [2.45, 2.75) is 13.8 Å². The summed E-state index contributed by atoms with van der Waals surface area (Å²) in [6.07, 6.45) is 0. The Bertz CT molecular complexity index is 687. The first-order valence-electron chi connectivity index (χ1n) is 5.82. The lowest BCUT2D eigenvalue weighted by atomic mass is 10.2. The Labute approximate surface area is 126 Å². The Morgan fingerprint density at radius 3 is 2.50 bits per heavy atom. The van der Waals surface area contributed by atoms with Crippen LogP contribution in [0.1, 0.15) is 21.6 Å². The van der Waals surface area contributed by atoms with E-state index in [4.69, 9.17) is 28.3 Å². The van der Waals surface area contributed by atoms with Gasteiger partial charge in [0.2, 0.25) is 0 Å². The first kappa shape index (κ1) is 14.6. The van der Waals surface area contributed by atoms with Crippen molar-refractivity contribution in [3.63, 3.8) is 0 Å². The highest BCUT2D eigenvalue weighted by molar-refractivity contribution is 6.39. The van der Waals surface area contributed by atoms with Crippen LogP contribution in [-0.4, -0.2) is 16.1 Å². The third-order valence-corrected chi connectivity index (χ3v) is 3.66. The molecule has 0 spiro atoms. The molecule has 0 radical (unpaired) electrons. The highest BCUT2D eigenvalue weighted by Crippen LogP contribution is 2.34. The number of nitrogens with one attached hydrogen (secondary N) is 1. The van der Waals surface area contributed by atoms with E-state index in [9.17, 15) is 4.79 Å². The van der Waals surface area contributed by atoms with Crippen LogP contribution in [-0.2, 0) is 0 Å². The van der Waals surface area contributed by atoms with Crippen LogP contribution in [0.5, 0.6) is 0 Å². The number of hydrogen-bond donors (Lipinski definition) is 2. The molecule has 0 fully saturated rings. The van der Waals surface area contributed by atoms with E-state index in [1.807, 2.05) is 13.0 Å². The number of aromatic carboxylic acids is 1. The second kappa shape index (κ2) is 5.69. The first-order valence-corrected chi connectivity index (χ1v) is 6.58. The maximum Gasteiger partial charge on any atom is 0.337 e. The Hall–Kier alpha value is -1.78. The molecule has 0 amide bonds. The topological polar surface area (TPSA) is 62.2 Å². The Morgan fingerprint density at radius 2 is 1.90 bits per heavy atom. The number of carbonyl (C=O) groups is 1. The third-order valence-electron chi connectivity index (χ3n) is 2.85. The van der Waals surface area contributed by atoms with Gasteiger partial charge in [0.15, 0.2) is 0 Å². The third kappa shape index (κ3) is 2.86. The van der Waals surface area contributed by atoms with Crippen LogP contribution in [0, 0.1) is 13.8 Å². The number of carboxylic acids is 1. The number of halogens is 2. The fraction of sp³-hybridized carbons (Fsp3) is 0.143. The molecule has 2 aromatic rings. The van der Waals surface area contributed by atoms with Crippen LogP contribution in [0.4, 0.5) is 11.5 Å². The van der Waals surface area contributed by atoms with Crippen molar-refractivity contribution in [3.05, 3.63) is 51.1 Å².